The smallest absolute Gasteiger partial charge is 0.247 e. The van der Waals surface area contributed by atoms with Gasteiger partial charge in [-0.3, -0.25) is 14.7 Å². The van der Waals surface area contributed by atoms with Gasteiger partial charge in [0.2, 0.25) is 16.0 Å². The van der Waals surface area contributed by atoms with Crippen molar-refractivity contribution in [2.24, 2.45) is 10.7 Å². The Labute approximate surface area is 218 Å². The maximum Gasteiger partial charge on any atom is 0.247 e. The summed E-state index contributed by atoms with van der Waals surface area (Å²) in [5.74, 6) is -1.34. The second kappa shape index (κ2) is 9.24. The highest BCUT2D eigenvalue weighted by molar-refractivity contribution is 7.91. The average molecular weight is 545 g/mol. The molecule has 1 saturated heterocycles. The minimum absolute atomic E-state index is 0.0102. The zero-order valence-corrected chi connectivity index (χ0v) is 21.6. The minimum atomic E-state index is -4.11. The maximum atomic E-state index is 15.5. The van der Waals surface area contributed by atoms with Crippen molar-refractivity contribution in [3.8, 4) is 0 Å². The van der Waals surface area contributed by atoms with E-state index in [-0.39, 0.29) is 36.6 Å². The van der Waals surface area contributed by atoms with Gasteiger partial charge in [-0.25, -0.2) is 31.5 Å². The summed E-state index contributed by atoms with van der Waals surface area (Å²) in [6.45, 7) is 2.30. The highest BCUT2D eigenvalue weighted by Gasteiger charge is 2.66. The Bertz CT molecular complexity index is 1510. The summed E-state index contributed by atoms with van der Waals surface area (Å²) in [5, 5.41) is 0. The Morgan fingerprint density at radius 3 is 2.68 bits per heavy atom. The number of pyridine rings is 1. The van der Waals surface area contributed by atoms with Crippen molar-refractivity contribution < 1.29 is 26.4 Å². The quantitative estimate of drug-likeness (QED) is 0.467. The number of carbonyl (C=O) groups excluding carboxylic acids is 1. The van der Waals surface area contributed by atoms with Gasteiger partial charge in [0.05, 0.1) is 18.9 Å². The lowest BCUT2D eigenvalue weighted by Crippen LogP contribution is -2.66. The van der Waals surface area contributed by atoms with Crippen molar-refractivity contribution in [3.63, 3.8) is 0 Å². The molecule has 0 amide bonds. The largest absolute Gasteiger partial charge is 0.447 e. The van der Waals surface area contributed by atoms with Gasteiger partial charge in [-0.2, -0.15) is 0 Å². The van der Waals surface area contributed by atoms with Crippen molar-refractivity contribution in [2.45, 2.75) is 36.6 Å². The number of hydrogen-bond donors (Lipinski definition) is 1. The molecule has 5 rings (SSSR count). The molecule has 1 fully saturated rings. The topological polar surface area (TPSA) is 135 Å². The zero-order chi connectivity index (χ0) is 27.3. The predicted molar refractivity (Wildman–Crippen MR) is 133 cm³/mol. The second-order valence-corrected chi connectivity index (χ2v) is 12.0. The molecular weight excluding hydrogens is 518 g/mol. The van der Waals surface area contributed by atoms with Gasteiger partial charge in [-0.15, -0.1) is 0 Å². The molecule has 2 aliphatic rings. The highest BCUT2D eigenvalue weighted by Crippen LogP contribution is 2.51. The molecule has 10 nitrogen and oxygen atoms in total. The average Bonchev–Trinajstić information content (AvgIpc) is 3.55. The Hall–Kier alpha value is -3.71. The monoisotopic (exact) mass is 544 g/mol. The molecule has 38 heavy (non-hydrogen) atoms. The normalized spacial score (nSPS) is 25.1. The van der Waals surface area contributed by atoms with Crippen LogP contribution in [0.5, 0.6) is 0 Å². The summed E-state index contributed by atoms with van der Waals surface area (Å²) in [6, 6.07) is 6.49. The number of guanidine groups is 1. The van der Waals surface area contributed by atoms with E-state index in [1.54, 1.807) is 13.1 Å². The fourth-order valence-corrected chi connectivity index (χ4v) is 7.52. The van der Waals surface area contributed by atoms with E-state index in [1.165, 1.54) is 37.7 Å². The van der Waals surface area contributed by atoms with Crippen LogP contribution in [-0.2, 0) is 28.5 Å². The number of likely N-dealkylation sites (tertiary alicyclic amines) is 1. The second-order valence-electron chi connectivity index (χ2n) is 9.71. The van der Waals surface area contributed by atoms with E-state index in [9.17, 15) is 17.6 Å². The van der Waals surface area contributed by atoms with Crippen LogP contribution in [0.25, 0.3) is 0 Å². The molecule has 1 spiro atoms. The molecular formula is C25H26F2N6O4S. The molecule has 0 radical (unpaired) electrons. The van der Waals surface area contributed by atoms with Crippen LogP contribution in [0.4, 0.5) is 8.78 Å². The first-order chi connectivity index (χ1) is 18.0. The van der Waals surface area contributed by atoms with E-state index in [2.05, 4.69) is 15.0 Å². The Kier molecular flexibility index (Phi) is 6.30. The number of carbonyl (C=O) groups is 1. The number of sulfonamides is 1. The maximum absolute atomic E-state index is 15.5. The van der Waals surface area contributed by atoms with Crippen molar-refractivity contribution in [1.82, 2.24) is 19.2 Å². The van der Waals surface area contributed by atoms with Crippen LogP contribution in [0.3, 0.4) is 0 Å². The van der Waals surface area contributed by atoms with Crippen molar-refractivity contribution in [1.29, 1.82) is 0 Å². The number of rotatable bonds is 6. The van der Waals surface area contributed by atoms with E-state index in [0.29, 0.717) is 24.4 Å². The third-order valence-corrected chi connectivity index (χ3v) is 10.1. The zero-order valence-electron chi connectivity index (χ0n) is 20.8. The standard InChI is InChI=1S/C25H26F2N6O4S/c1-24(19-9-16(3-5-20(19)27)10-22(34)21-6-4-17(26)11-30-21)25(38(35,36)32(2)23(28)31-24)7-8-33(14-25)13-18-12-29-15-37-18/h3-6,9,11-12,15H,7-8,10,13-14H2,1-2H3,(H2,28,31)/t24-,25-/m1/s1. The number of nitrogens with two attached hydrogens (primary N) is 1. The summed E-state index contributed by atoms with van der Waals surface area (Å²) in [4.78, 5) is 27.0. The molecule has 0 bridgehead atoms. The summed E-state index contributed by atoms with van der Waals surface area (Å²) in [7, 11) is -2.78. The number of aromatic nitrogens is 2. The molecule has 4 heterocycles. The van der Waals surface area contributed by atoms with Crippen LogP contribution in [0.2, 0.25) is 0 Å². The SMILES string of the molecule is CN1C(N)=N[C@](C)(c2cc(CC(=O)c3ccc(F)cn3)ccc2F)[C@]2(CCN(Cc3cnco3)C2)S1(=O)=O. The Morgan fingerprint density at radius 1 is 1.21 bits per heavy atom. The molecule has 2 aromatic heterocycles. The van der Waals surface area contributed by atoms with E-state index in [4.69, 9.17) is 10.2 Å². The number of Topliss-reactive ketones (excluding diaryl/α,β-unsaturated/α-hetero) is 1. The third kappa shape index (κ3) is 4.06. The molecule has 2 N–H and O–H groups in total. The molecule has 0 saturated carbocycles. The molecule has 13 heteroatoms. The van der Waals surface area contributed by atoms with E-state index in [1.807, 2.05) is 4.90 Å². The summed E-state index contributed by atoms with van der Waals surface area (Å²) in [6.07, 6.45) is 3.80. The van der Waals surface area contributed by atoms with Gasteiger partial charge >= 0.3 is 0 Å². The first kappa shape index (κ1) is 25.9. The lowest BCUT2D eigenvalue weighted by molar-refractivity contribution is 0.0988. The van der Waals surface area contributed by atoms with Crippen molar-refractivity contribution in [2.75, 3.05) is 20.1 Å². The van der Waals surface area contributed by atoms with Gasteiger partial charge in [0.1, 0.15) is 33.4 Å². The molecule has 2 aliphatic heterocycles. The molecule has 1 aromatic carbocycles. The summed E-state index contributed by atoms with van der Waals surface area (Å²) >= 11 is 0. The summed E-state index contributed by atoms with van der Waals surface area (Å²) < 4.78 is 61.4. The van der Waals surface area contributed by atoms with Gasteiger partial charge in [-0.05, 0) is 43.2 Å². The van der Waals surface area contributed by atoms with Crippen LogP contribution >= 0.6 is 0 Å². The Morgan fingerprint density at radius 2 is 2.00 bits per heavy atom. The van der Waals surface area contributed by atoms with Crippen LogP contribution < -0.4 is 5.73 Å². The lowest BCUT2D eigenvalue weighted by atomic mass is 9.77. The molecule has 0 unspecified atom stereocenters. The van der Waals surface area contributed by atoms with E-state index in [0.717, 1.165) is 16.6 Å². The van der Waals surface area contributed by atoms with Crippen molar-refractivity contribution >= 4 is 21.8 Å². The first-order valence-electron chi connectivity index (χ1n) is 11.8. The number of aliphatic imine (C=N–C) groups is 1. The van der Waals surface area contributed by atoms with Crippen LogP contribution in [0.15, 0.2) is 58.5 Å². The van der Waals surface area contributed by atoms with Gasteiger partial charge in [0, 0.05) is 32.1 Å². The number of halogens is 2. The highest BCUT2D eigenvalue weighted by atomic mass is 32.2. The third-order valence-electron chi connectivity index (χ3n) is 7.51. The van der Waals surface area contributed by atoms with Gasteiger partial charge in [0.15, 0.2) is 12.2 Å². The van der Waals surface area contributed by atoms with Crippen LogP contribution in [0.1, 0.15) is 40.7 Å². The number of hydrogen-bond acceptors (Lipinski definition) is 9. The van der Waals surface area contributed by atoms with Gasteiger partial charge < -0.3 is 10.2 Å². The number of oxazole rings is 1. The van der Waals surface area contributed by atoms with Crippen molar-refractivity contribution in [3.05, 3.63) is 83.3 Å². The van der Waals surface area contributed by atoms with Crippen LogP contribution in [0, 0.1) is 11.6 Å². The van der Waals surface area contributed by atoms with Gasteiger partial charge in [0.25, 0.3) is 0 Å². The molecule has 0 aliphatic carbocycles. The minimum Gasteiger partial charge on any atom is -0.447 e. The first-order valence-corrected chi connectivity index (χ1v) is 13.3. The Balaban J connectivity index is 1.56. The molecule has 200 valence electrons. The number of ketones is 1. The lowest BCUT2D eigenvalue weighted by Gasteiger charge is -2.48. The van der Waals surface area contributed by atoms with E-state index < -0.39 is 37.7 Å². The number of benzene rings is 1. The van der Waals surface area contributed by atoms with Gasteiger partial charge in [-0.1, -0.05) is 6.07 Å². The van der Waals surface area contributed by atoms with E-state index >= 15 is 4.39 Å². The summed E-state index contributed by atoms with van der Waals surface area (Å²) in [5.41, 5.74) is 4.94. The molecule has 2 atom stereocenters. The van der Waals surface area contributed by atoms with Crippen LogP contribution in [-0.4, -0.2) is 64.2 Å². The number of nitrogens with zero attached hydrogens (tertiary/aromatic N) is 5. The predicted octanol–water partition coefficient (Wildman–Crippen LogP) is 2.22. The molecule has 3 aromatic rings. The fourth-order valence-electron chi connectivity index (χ4n) is 5.36. The fraction of sp³-hybridized carbons (Fsp3) is 0.360.